The molecule has 0 radical (unpaired) electrons. The van der Waals surface area contributed by atoms with E-state index < -0.39 is 4.92 Å². The summed E-state index contributed by atoms with van der Waals surface area (Å²) < 4.78 is 11.3. The zero-order valence-electron chi connectivity index (χ0n) is 9.82. The zero-order chi connectivity index (χ0) is 14.1. The number of rotatable bonds is 3. The van der Waals surface area contributed by atoms with Crippen molar-refractivity contribution in [3.8, 4) is 23.1 Å². The largest absolute Gasteiger partial charge is 0.444 e. The van der Waals surface area contributed by atoms with Gasteiger partial charge in [-0.25, -0.2) is 0 Å². The summed E-state index contributed by atoms with van der Waals surface area (Å²) in [5, 5.41) is 18.3. The van der Waals surface area contributed by atoms with Gasteiger partial charge < -0.3 is 8.83 Å². The molecule has 0 amide bonds. The molecule has 20 heavy (non-hydrogen) atoms. The highest BCUT2D eigenvalue weighted by Gasteiger charge is 2.14. The molecule has 2 heterocycles. The normalized spacial score (nSPS) is 10.7. The maximum Gasteiger partial charge on any atom is 0.283 e. The first-order valence-electron chi connectivity index (χ1n) is 5.47. The van der Waals surface area contributed by atoms with Gasteiger partial charge in [-0.05, 0) is 40.2 Å². The number of benzene rings is 1. The predicted molar refractivity (Wildman–Crippen MR) is 71.8 cm³/mol. The Morgan fingerprint density at radius 3 is 2.30 bits per heavy atom. The minimum Gasteiger partial charge on any atom is -0.444 e. The predicted octanol–water partition coefficient (Wildman–Crippen LogP) is 3.67. The van der Waals surface area contributed by atoms with E-state index in [1.165, 1.54) is 12.1 Å². The summed E-state index contributed by atoms with van der Waals surface area (Å²) in [4.78, 5) is 10.1. The van der Waals surface area contributed by atoms with Crippen molar-refractivity contribution in [2.24, 2.45) is 0 Å². The van der Waals surface area contributed by atoms with Gasteiger partial charge in [0.25, 0.3) is 11.6 Å². The SMILES string of the molecule is O=[N+]([O-])c1ccc(-c2nnc(-c3ccc(Br)o3)o2)cc1. The molecule has 0 unspecified atom stereocenters. The van der Waals surface area contributed by atoms with E-state index in [1.54, 1.807) is 24.3 Å². The Morgan fingerprint density at radius 1 is 1.00 bits per heavy atom. The number of nitro groups is 1. The molecular formula is C12H6BrN3O4. The van der Waals surface area contributed by atoms with Crippen molar-refractivity contribution in [3.63, 3.8) is 0 Å². The average molecular weight is 336 g/mol. The van der Waals surface area contributed by atoms with Crippen LogP contribution in [0.3, 0.4) is 0 Å². The molecule has 0 saturated carbocycles. The summed E-state index contributed by atoms with van der Waals surface area (Å²) in [6.45, 7) is 0. The molecule has 0 spiro atoms. The molecule has 0 N–H and O–H groups in total. The highest BCUT2D eigenvalue weighted by molar-refractivity contribution is 9.10. The fourth-order valence-electron chi connectivity index (χ4n) is 1.59. The molecule has 0 aliphatic carbocycles. The van der Waals surface area contributed by atoms with Crippen molar-refractivity contribution in [1.29, 1.82) is 0 Å². The van der Waals surface area contributed by atoms with Crippen molar-refractivity contribution in [2.75, 3.05) is 0 Å². The number of nitrogens with zero attached hydrogens (tertiary/aromatic N) is 3. The van der Waals surface area contributed by atoms with Crippen LogP contribution in [-0.4, -0.2) is 15.1 Å². The maximum atomic E-state index is 10.6. The van der Waals surface area contributed by atoms with E-state index in [1.807, 2.05) is 0 Å². The lowest BCUT2D eigenvalue weighted by atomic mass is 10.2. The van der Waals surface area contributed by atoms with Gasteiger partial charge in [0.2, 0.25) is 5.89 Å². The van der Waals surface area contributed by atoms with Gasteiger partial charge in [0.15, 0.2) is 10.4 Å². The molecule has 0 saturated heterocycles. The molecule has 3 rings (SSSR count). The molecule has 3 aromatic rings. The van der Waals surface area contributed by atoms with Crippen LogP contribution < -0.4 is 0 Å². The van der Waals surface area contributed by atoms with Gasteiger partial charge >= 0.3 is 0 Å². The summed E-state index contributed by atoms with van der Waals surface area (Å²) in [6.07, 6.45) is 0. The number of halogens is 1. The van der Waals surface area contributed by atoms with E-state index in [4.69, 9.17) is 8.83 Å². The molecule has 8 heteroatoms. The Labute approximate surface area is 120 Å². The summed E-state index contributed by atoms with van der Waals surface area (Å²) in [5.74, 6) is 0.948. The number of furan rings is 1. The first kappa shape index (κ1) is 12.5. The van der Waals surface area contributed by atoms with Crippen LogP contribution in [0.25, 0.3) is 23.1 Å². The molecule has 0 aliphatic rings. The molecule has 2 aromatic heterocycles. The van der Waals surface area contributed by atoms with E-state index in [-0.39, 0.29) is 17.5 Å². The van der Waals surface area contributed by atoms with Crippen molar-refractivity contribution in [3.05, 3.63) is 51.2 Å². The Hall–Kier alpha value is -2.48. The lowest BCUT2D eigenvalue weighted by molar-refractivity contribution is -0.384. The van der Waals surface area contributed by atoms with Crippen LogP contribution >= 0.6 is 15.9 Å². The molecule has 0 fully saturated rings. The first-order chi connectivity index (χ1) is 9.63. The van der Waals surface area contributed by atoms with E-state index >= 15 is 0 Å². The zero-order valence-corrected chi connectivity index (χ0v) is 11.4. The van der Waals surface area contributed by atoms with Crippen LogP contribution in [0.1, 0.15) is 0 Å². The standard InChI is InChI=1S/C12H6BrN3O4/c13-10-6-5-9(19-10)12-15-14-11(20-12)7-1-3-8(4-2-7)16(17)18/h1-6H. The monoisotopic (exact) mass is 335 g/mol. The molecular weight excluding hydrogens is 330 g/mol. The molecule has 1 aromatic carbocycles. The van der Waals surface area contributed by atoms with Gasteiger partial charge in [-0.2, -0.15) is 0 Å². The average Bonchev–Trinajstić information content (AvgIpc) is 3.07. The van der Waals surface area contributed by atoms with E-state index in [0.29, 0.717) is 16.0 Å². The van der Waals surface area contributed by atoms with E-state index in [0.717, 1.165) is 0 Å². The molecule has 0 aliphatic heterocycles. The second-order valence-corrected chi connectivity index (χ2v) is 4.60. The highest BCUT2D eigenvalue weighted by Crippen LogP contribution is 2.27. The van der Waals surface area contributed by atoms with Crippen LogP contribution in [0.15, 0.2) is 49.9 Å². The van der Waals surface area contributed by atoms with Crippen molar-refractivity contribution in [1.82, 2.24) is 10.2 Å². The van der Waals surface area contributed by atoms with Crippen LogP contribution in [0.4, 0.5) is 5.69 Å². The fourth-order valence-corrected chi connectivity index (χ4v) is 1.90. The molecule has 7 nitrogen and oxygen atoms in total. The van der Waals surface area contributed by atoms with Gasteiger partial charge in [-0.15, -0.1) is 10.2 Å². The Balaban J connectivity index is 1.91. The summed E-state index contributed by atoms with van der Waals surface area (Å²) in [5.41, 5.74) is 0.600. The van der Waals surface area contributed by atoms with Crippen molar-refractivity contribution < 1.29 is 13.8 Å². The van der Waals surface area contributed by atoms with Gasteiger partial charge in [-0.3, -0.25) is 10.1 Å². The van der Waals surface area contributed by atoms with Crippen molar-refractivity contribution >= 4 is 21.6 Å². The Morgan fingerprint density at radius 2 is 1.70 bits per heavy atom. The topological polar surface area (TPSA) is 95.2 Å². The van der Waals surface area contributed by atoms with Crippen molar-refractivity contribution in [2.45, 2.75) is 0 Å². The smallest absolute Gasteiger partial charge is 0.283 e. The molecule has 0 bridgehead atoms. The Kier molecular flexibility index (Phi) is 3.07. The number of aromatic nitrogens is 2. The third-order valence-corrected chi connectivity index (χ3v) is 2.96. The second-order valence-electron chi connectivity index (χ2n) is 3.82. The van der Waals surface area contributed by atoms with Crippen LogP contribution in [-0.2, 0) is 0 Å². The van der Waals surface area contributed by atoms with Gasteiger partial charge in [0, 0.05) is 17.7 Å². The second kappa shape index (κ2) is 4.89. The van der Waals surface area contributed by atoms with Crippen LogP contribution in [0.2, 0.25) is 0 Å². The third-order valence-electron chi connectivity index (χ3n) is 2.53. The summed E-state index contributed by atoms with van der Waals surface area (Å²) in [7, 11) is 0. The number of nitro benzene ring substituents is 1. The quantitative estimate of drug-likeness (QED) is 0.535. The lowest BCUT2D eigenvalue weighted by Crippen LogP contribution is -1.87. The minimum absolute atomic E-state index is 0.00320. The lowest BCUT2D eigenvalue weighted by Gasteiger charge is -1.94. The van der Waals surface area contributed by atoms with Crippen LogP contribution in [0.5, 0.6) is 0 Å². The highest BCUT2D eigenvalue weighted by atomic mass is 79.9. The Bertz CT molecular complexity index is 763. The summed E-state index contributed by atoms with van der Waals surface area (Å²) in [6, 6.07) is 9.26. The van der Waals surface area contributed by atoms with Crippen LogP contribution in [0, 0.1) is 10.1 Å². The summed E-state index contributed by atoms with van der Waals surface area (Å²) >= 11 is 3.18. The van der Waals surface area contributed by atoms with Gasteiger partial charge in [-0.1, -0.05) is 0 Å². The first-order valence-corrected chi connectivity index (χ1v) is 6.27. The third kappa shape index (κ3) is 2.32. The minimum atomic E-state index is -0.469. The van der Waals surface area contributed by atoms with Gasteiger partial charge in [0.05, 0.1) is 4.92 Å². The maximum absolute atomic E-state index is 10.6. The molecule has 100 valence electrons. The van der Waals surface area contributed by atoms with E-state index in [2.05, 4.69) is 26.1 Å². The fraction of sp³-hybridized carbons (Fsp3) is 0. The number of hydrogen-bond acceptors (Lipinski definition) is 6. The number of non-ortho nitro benzene ring substituents is 1. The van der Waals surface area contributed by atoms with Gasteiger partial charge in [0.1, 0.15) is 0 Å². The number of hydrogen-bond donors (Lipinski definition) is 0. The van der Waals surface area contributed by atoms with E-state index in [9.17, 15) is 10.1 Å². The molecule has 0 atom stereocenters.